The Kier molecular flexibility index (Phi) is 3.45. The molecule has 1 aromatic heterocycles. The predicted molar refractivity (Wildman–Crippen MR) is 54.9 cm³/mol. The minimum Gasteiger partial charge on any atom is -0.351 e. The average molecular weight is 193 g/mol. The largest absolute Gasteiger partial charge is 0.351 e. The van der Waals surface area contributed by atoms with E-state index in [9.17, 15) is 4.79 Å². The molecule has 0 aliphatic rings. The third-order valence-electron chi connectivity index (χ3n) is 2.04. The van der Waals surface area contributed by atoms with Gasteiger partial charge in [0.1, 0.15) is 6.04 Å². The van der Waals surface area contributed by atoms with Crippen molar-refractivity contribution in [2.45, 2.75) is 19.9 Å². The Balaban J connectivity index is 2.65. The number of nitrogens with zero attached hydrogens (tertiary/aromatic N) is 2. The van der Waals surface area contributed by atoms with Crippen molar-refractivity contribution in [3.05, 3.63) is 30.6 Å². The molecule has 1 amide bonds. The van der Waals surface area contributed by atoms with Gasteiger partial charge in [-0.3, -0.25) is 9.48 Å². The van der Waals surface area contributed by atoms with Crippen LogP contribution in [-0.2, 0) is 4.79 Å². The van der Waals surface area contributed by atoms with Crippen LogP contribution in [0.1, 0.15) is 18.7 Å². The van der Waals surface area contributed by atoms with E-state index in [0.717, 1.165) is 5.69 Å². The highest BCUT2D eigenvalue weighted by Gasteiger charge is 2.15. The predicted octanol–water partition coefficient (Wildman–Crippen LogP) is 1.05. The van der Waals surface area contributed by atoms with Crippen LogP contribution in [0, 0.1) is 6.92 Å². The SMILES string of the molecule is C=CCNC(=O)C(C)n1nccc1C. The third kappa shape index (κ3) is 2.22. The minimum absolute atomic E-state index is 0.0447. The van der Waals surface area contributed by atoms with Crippen molar-refractivity contribution < 1.29 is 4.79 Å². The van der Waals surface area contributed by atoms with Gasteiger partial charge >= 0.3 is 0 Å². The molecule has 0 saturated carbocycles. The summed E-state index contributed by atoms with van der Waals surface area (Å²) in [7, 11) is 0. The summed E-state index contributed by atoms with van der Waals surface area (Å²) in [6.45, 7) is 7.76. The number of nitrogens with one attached hydrogen (secondary N) is 1. The maximum absolute atomic E-state index is 11.5. The topological polar surface area (TPSA) is 46.9 Å². The van der Waals surface area contributed by atoms with Crippen molar-refractivity contribution in [3.63, 3.8) is 0 Å². The molecule has 14 heavy (non-hydrogen) atoms. The van der Waals surface area contributed by atoms with Gasteiger partial charge in [-0.2, -0.15) is 5.10 Å². The van der Waals surface area contributed by atoms with Crippen LogP contribution in [0.25, 0.3) is 0 Å². The van der Waals surface area contributed by atoms with E-state index >= 15 is 0 Å². The molecule has 1 heterocycles. The molecule has 4 heteroatoms. The summed E-state index contributed by atoms with van der Waals surface area (Å²) in [6.07, 6.45) is 3.34. The fourth-order valence-electron chi connectivity index (χ4n) is 1.22. The molecule has 1 unspecified atom stereocenters. The number of carbonyl (C=O) groups is 1. The summed E-state index contributed by atoms with van der Waals surface area (Å²) in [6, 6.07) is 1.60. The maximum Gasteiger partial charge on any atom is 0.244 e. The lowest BCUT2D eigenvalue weighted by Gasteiger charge is -2.13. The average Bonchev–Trinajstić information content (AvgIpc) is 2.59. The Morgan fingerprint density at radius 2 is 2.57 bits per heavy atom. The summed E-state index contributed by atoms with van der Waals surface area (Å²) in [4.78, 5) is 11.5. The fourth-order valence-corrected chi connectivity index (χ4v) is 1.22. The molecule has 0 spiro atoms. The van der Waals surface area contributed by atoms with E-state index in [4.69, 9.17) is 0 Å². The Morgan fingerprint density at radius 3 is 3.07 bits per heavy atom. The normalized spacial score (nSPS) is 12.1. The lowest BCUT2D eigenvalue weighted by molar-refractivity contribution is -0.123. The quantitative estimate of drug-likeness (QED) is 0.727. The van der Waals surface area contributed by atoms with Crippen LogP contribution >= 0.6 is 0 Å². The molecule has 76 valence electrons. The smallest absolute Gasteiger partial charge is 0.244 e. The molecule has 1 rings (SSSR count). The Bertz CT molecular complexity index is 330. The second-order valence-electron chi connectivity index (χ2n) is 3.13. The van der Waals surface area contributed by atoms with Crippen molar-refractivity contribution in [3.8, 4) is 0 Å². The Labute approximate surface area is 83.6 Å². The molecular weight excluding hydrogens is 178 g/mol. The molecule has 0 aliphatic heterocycles. The van der Waals surface area contributed by atoms with E-state index in [0.29, 0.717) is 6.54 Å². The lowest BCUT2D eigenvalue weighted by Crippen LogP contribution is -2.31. The maximum atomic E-state index is 11.5. The number of aromatic nitrogens is 2. The third-order valence-corrected chi connectivity index (χ3v) is 2.04. The fraction of sp³-hybridized carbons (Fsp3) is 0.400. The monoisotopic (exact) mass is 193 g/mol. The Morgan fingerprint density at radius 1 is 1.86 bits per heavy atom. The number of amides is 1. The van der Waals surface area contributed by atoms with Gasteiger partial charge in [0.05, 0.1) is 0 Å². The summed E-state index contributed by atoms with van der Waals surface area (Å²) < 4.78 is 1.69. The number of rotatable bonds is 4. The first-order valence-corrected chi connectivity index (χ1v) is 4.55. The highest BCUT2D eigenvalue weighted by molar-refractivity contribution is 5.79. The van der Waals surface area contributed by atoms with Crippen molar-refractivity contribution in [2.24, 2.45) is 0 Å². The number of hydrogen-bond acceptors (Lipinski definition) is 2. The van der Waals surface area contributed by atoms with Crippen LogP contribution in [0.2, 0.25) is 0 Å². The molecule has 1 N–H and O–H groups in total. The van der Waals surface area contributed by atoms with Gasteiger partial charge in [-0.15, -0.1) is 6.58 Å². The van der Waals surface area contributed by atoms with Gasteiger partial charge in [-0.25, -0.2) is 0 Å². The van der Waals surface area contributed by atoms with Crippen LogP contribution in [0.5, 0.6) is 0 Å². The molecule has 0 saturated heterocycles. The molecule has 1 atom stereocenters. The zero-order chi connectivity index (χ0) is 10.6. The summed E-state index contributed by atoms with van der Waals surface area (Å²) >= 11 is 0. The summed E-state index contributed by atoms with van der Waals surface area (Å²) in [5.41, 5.74) is 0.978. The van der Waals surface area contributed by atoms with Crippen LogP contribution in [0.4, 0.5) is 0 Å². The van der Waals surface area contributed by atoms with Gasteiger partial charge in [0.15, 0.2) is 0 Å². The number of hydrogen-bond donors (Lipinski definition) is 1. The first kappa shape index (κ1) is 10.5. The molecule has 0 bridgehead atoms. The second kappa shape index (κ2) is 4.60. The van der Waals surface area contributed by atoms with E-state index in [1.807, 2.05) is 19.9 Å². The molecule has 0 fully saturated rings. The van der Waals surface area contributed by atoms with Crippen molar-refractivity contribution >= 4 is 5.91 Å². The zero-order valence-corrected chi connectivity index (χ0v) is 8.53. The van der Waals surface area contributed by atoms with E-state index in [1.165, 1.54) is 0 Å². The van der Waals surface area contributed by atoms with Crippen LogP contribution in [0.15, 0.2) is 24.9 Å². The van der Waals surface area contributed by atoms with E-state index in [-0.39, 0.29) is 11.9 Å². The van der Waals surface area contributed by atoms with Crippen LogP contribution in [-0.4, -0.2) is 22.2 Å². The van der Waals surface area contributed by atoms with E-state index in [2.05, 4.69) is 17.0 Å². The highest BCUT2D eigenvalue weighted by Crippen LogP contribution is 2.07. The van der Waals surface area contributed by atoms with Crippen LogP contribution in [0.3, 0.4) is 0 Å². The summed E-state index contributed by atoms with van der Waals surface area (Å²) in [5.74, 6) is -0.0447. The number of carbonyl (C=O) groups excluding carboxylic acids is 1. The zero-order valence-electron chi connectivity index (χ0n) is 8.53. The van der Waals surface area contributed by atoms with Crippen molar-refractivity contribution in [1.29, 1.82) is 0 Å². The molecule has 0 aromatic carbocycles. The van der Waals surface area contributed by atoms with Crippen molar-refractivity contribution in [1.82, 2.24) is 15.1 Å². The molecule has 1 aromatic rings. The van der Waals surface area contributed by atoms with Gasteiger partial charge in [0.2, 0.25) is 5.91 Å². The number of aryl methyl sites for hydroxylation is 1. The van der Waals surface area contributed by atoms with Crippen LogP contribution < -0.4 is 5.32 Å². The Hall–Kier alpha value is -1.58. The summed E-state index contributed by atoms with van der Waals surface area (Å²) in [5, 5.41) is 6.80. The van der Waals surface area contributed by atoms with Gasteiger partial charge < -0.3 is 5.32 Å². The minimum atomic E-state index is -0.273. The molecular formula is C10H15N3O. The van der Waals surface area contributed by atoms with E-state index in [1.54, 1.807) is 17.0 Å². The molecule has 0 aliphatic carbocycles. The van der Waals surface area contributed by atoms with Gasteiger partial charge in [-0.05, 0) is 19.9 Å². The first-order valence-electron chi connectivity index (χ1n) is 4.55. The van der Waals surface area contributed by atoms with Gasteiger partial charge in [-0.1, -0.05) is 6.08 Å². The molecule has 4 nitrogen and oxygen atoms in total. The van der Waals surface area contributed by atoms with Crippen molar-refractivity contribution in [2.75, 3.05) is 6.54 Å². The molecule has 0 radical (unpaired) electrons. The lowest BCUT2D eigenvalue weighted by atomic mass is 10.3. The standard InChI is InChI=1S/C10H15N3O/c1-4-6-11-10(14)9(3)13-8(2)5-7-12-13/h4-5,7,9H,1,6H2,2-3H3,(H,11,14). The van der Waals surface area contributed by atoms with Gasteiger partial charge in [0, 0.05) is 18.4 Å². The second-order valence-corrected chi connectivity index (χ2v) is 3.13. The van der Waals surface area contributed by atoms with E-state index < -0.39 is 0 Å². The first-order chi connectivity index (χ1) is 6.66. The highest BCUT2D eigenvalue weighted by atomic mass is 16.2. The van der Waals surface area contributed by atoms with Gasteiger partial charge in [0.25, 0.3) is 0 Å².